The quantitative estimate of drug-likeness (QED) is 0.243. The Morgan fingerprint density at radius 3 is 2.45 bits per heavy atom. The van der Waals surface area contributed by atoms with Crippen LogP contribution in [0, 0.1) is 0 Å². The van der Waals surface area contributed by atoms with Gasteiger partial charge in [0.15, 0.2) is 29.7 Å². The number of rotatable bonds is 7. The van der Waals surface area contributed by atoms with E-state index in [9.17, 15) is 14.4 Å². The predicted octanol–water partition coefficient (Wildman–Crippen LogP) is 4.39. The monoisotopic (exact) mass is 510 g/mol. The average molecular weight is 511 g/mol. The van der Waals surface area contributed by atoms with E-state index in [2.05, 4.69) is 20.6 Å². The Morgan fingerprint density at radius 2 is 1.68 bits per heavy atom. The summed E-state index contributed by atoms with van der Waals surface area (Å²) in [5.74, 6) is 0.229. The lowest BCUT2D eigenvalue weighted by molar-refractivity contribution is -0.118. The van der Waals surface area contributed by atoms with E-state index in [4.69, 9.17) is 13.9 Å². The molecule has 2 amide bonds. The fraction of sp³-hybridized carbons (Fsp3) is 0.107. The van der Waals surface area contributed by atoms with Crippen molar-refractivity contribution in [1.82, 2.24) is 9.97 Å². The van der Waals surface area contributed by atoms with Gasteiger partial charge in [0, 0.05) is 23.6 Å². The molecule has 0 saturated heterocycles. The molecule has 0 aliphatic carbocycles. The van der Waals surface area contributed by atoms with Crippen LogP contribution in [0.4, 0.5) is 11.5 Å². The minimum Gasteiger partial charge on any atom is -0.493 e. The van der Waals surface area contributed by atoms with E-state index in [0.717, 1.165) is 0 Å². The van der Waals surface area contributed by atoms with Crippen molar-refractivity contribution in [2.45, 2.75) is 6.92 Å². The summed E-state index contributed by atoms with van der Waals surface area (Å²) >= 11 is 0. The zero-order valence-corrected chi connectivity index (χ0v) is 20.5. The number of anilines is 2. The minimum absolute atomic E-state index is 0.0360. The van der Waals surface area contributed by atoms with Gasteiger partial charge in [-0.15, -0.1) is 0 Å². The van der Waals surface area contributed by atoms with Crippen molar-refractivity contribution in [3.63, 3.8) is 0 Å². The van der Waals surface area contributed by atoms with Crippen molar-refractivity contribution in [3.05, 3.63) is 83.2 Å². The van der Waals surface area contributed by atoms with Crippen molar-refractivity contribution in [2.24, 2.45) is 0 Å². The molecule has 5 aromatic rings. The summed E-state index contributed by atoms with van der Waals surface area (Å²) < 4.78 is 16.6. The Kier molecular flexibility index (Phi) is 6.68. The summed E-state index contributed by atoms with van der Waals surface area (Å²) in [4.78, 5) is 46.0. The number of para-hydroxylation sites is 2. The number of methoxy groups -OCH3 is 1. The van der Waals surface area contributed by atoms with Gasteiger partial charge in [0.1, 0.15) is 11.0 Å². The normalized spacial score (nSPS) is 10.8. The van der Waals surface area contributed by atoms with Crippen molar-refractivity contribution in [1.29, 1.82) is 0 Å². The lowest BCUT2D eigenvalue weighted by Gasteiger charge is -2.13. The number of benzene rings is 3. The Hall–Kier alpha value is -5.25. The Morgan fingerprint density at radius 1 is 0.921 bits per heavy atom. The van der Waals surface area contributed by atoms with E-state index in [0.29, 0.717) is 39.2 Å². The number of nitrogens with zero attached hydrogens (tertiary/aromatic N) is 2. The summed E-state index contributed by atoms with van der Waals surface area (Å²) in [5, 5.41) is 6.02. The number of amides is 2. The first-order chi connectivity index (χ1) is 18.4. The number of hydrogen-bond acceptors (Lipinski definition) is 8. The summed E-state index contributed by atoms with van der Waals surface area (Å²) in [7, 11) is 1.47. The molecule has 190 valence electrons. The maximum Gasteiger partial charge on any atom is 0.349 e. The summed E-state index contributed by atoms with van der Waals surface area (Å²) in [6.45, 7) is 1.09. The van der Waals surface area contributed by atoms with Crippen molar-refractivity contribution in [3.8, 4) is 22.9 Å². The second-order valence-corrected chi connectivity index (χ2v) is 8.25. The molecule has 5 rings (SSSR count). The van der Waals surface area contributed by atoms with Crippen LogP contribution in [0.2, 0.25) is 0 Å². The van der Waals surface area contributed by atoms with Gasteiger partial charge in [0.2, 0.25) is 5.91 Å². The van der Waals surface area contributed by atoms with Gasteiger partial charge < -0.3 is 24.5 Å². The van der Waals surface area contributed by atoms with Crippen LogP contribution in [0.15, 0.2) is 82.0 Å². The Labute approximate surface area is 216 Å². The SMILES string of the molecule is COc1cc(-c2nc(NC(C)=O)c3c(=O)oc4ccccc4c3n2)ccc1OCC(=O)Nc1ccccc1. The second kappa shape index (κ2) is 10.4. The van der Waals surface area contributed by atoms with Crippen LogP contribution in [0.25, 0.3) is 33.3 Å². The number of fused-ring (bicyclic) bond motifs is 3. The van der Waals surface area contributed by atoms with Gasteiger partial charge in [-0.25, -0.2) is 14.8 Å². The number of carbonyl (C=O) groups is 2. The fourth-order valence-electron chi connectivity index (χ4n) is 3.93. The first-order valence-electron chi connectivity index (χ1n) is 11.6. The maximum atomic E-state index is 12.8. The number of nitrogens with one attached hydrogen (secondary N) is 2. The summed E-state index contributed by atoms with van der Waals surface area (Å²) in [6, 6.07) is 21.0. The molecule has 0 fully saturated rings. The van der Waals surface area contributed by atoms with E-state index in [-0.39, 0.29) is 29.5 Å². The molecule has 0 unspecified atom stereocenters. The molecule has 0 bridgehead atoms. The molecule has 0 aliphatic heterocycles. The molecule has 0 radical (unpaired) electrons. The van der Waals surface area contributed by atoms with Crippen LogP contribution in [0.1, 0.15) is 6.92 Å². The second-order valence-electron chi connectivity index (χ2n) is 8.25. The molecule has 38 heavy (non-hydrogen) atoms. The lowest BCUT2D eigenvalue weighted by Crippen LogP contribution is -2.20. The fourth-order valence-corrected chi connectivity index (χ4v) is 3.93. The Bertz CT molecular complexity index is 1730. The standard InChI is InChI=1S/C28H22N4O6/c1-16(33)29-27-24-25(19-10-6-7-11-20(19)38-28(24)35)31-26(32-27)17-12-13-21(22(14-17)36-2)37-15-23(34)30-18-8-4-3-5-9-18/h3-14H,15H2,1-2H3,(H,30,34)(H,29,31,32,33). The van der Waals surface area contributed by atoms with E-state index in [1.54, 1.807) is 54.6 Å². The smallest absolute Gasteiger partial charge is 0.349 e. The van der Waals surface area contributed by atoms with Gasteiger partial charge >= 0.3 is 5.63 Å². The largest absolute Gasteiger partial charge is 0.493 e. The average Bonchev–Trinajstić information content (AvgIpc) is 2.92. The molecule has 10 heteroatoms. The predicted molar refractivity (Wildman–Crippen MR) is 142 cm³/mol. The number of aromatic nitrogens is 2. The molecule has 0 aliphatic rings. The van der Waals surface area contributed by atoms with Gasteiger partial charge in [-0.1, -0.05) is 30.3 Å². The third-order valence-electron chi connectivity index (χ3n) is 5.59. The van der Waals surface area contributed by atoms with Crippen molar-refractivity contribution in [2.75, 3.05) is 24.4 Å². The highest BCUT2D eigenvalue weighted by atomic mass is 16.5. The van der Waals surface area contributed by atoms with Crippen LogP contribution in [-0.4, -0.2) is 35.5 Å². The first-order valence-corrected chi connectivity index (χ1v) is 11.6. The third kappa shape index (κ3) is 5.00. The molecule has 0 spiro atoms. The van der Waals surface area contributed by atoms with Gasteiger partial charge in [-0.3, -0.25) is 9.59 Å². The van der Waals surface area contributed by atoms with E-state index >= 15 is 0 Å². The van der Waals surface area contributed by atoms with E-state index in [1.165, 1.54) is 14.0 Å². The summed E-state index contributed by atoms with van der Waals surface area (Å²) in [6.07, 6.45) is 0. The molecule has 2 N–H and O–H groups in total. The third-order valence-corrected chi connectivity index (χ3v) is 5.59. The van der Waals surface area contributed by atoms with Crippen LogP contribution >= 0.6 is 0 Å². The number of carbonyl (C=O) groups excluding carboxylic acids is 2. The Balaban J connectivity index is 1.51. The van der Waals surface area contributed by atoms with Gasteiger partial charge in [-0.2, -0.15) is 0 Å². The number of hydrogen-bond donors (Lipinski definition) is 2. The molecular formula is C28H22N4O6. The van der Waals surface area contributed by atoms with Crippen LogP contribution in [0.3, 0.4) is 0 Å². The van der Waals surface area contributed by atoms with Crippen molar-refractivity contribution >= 4 is 45.2 Å². The zero-order chi connectivity index (χ0) is 26.6. The van der Waals surface area contributed by atoms with E-state index < -0.39 is 11.5 Å². The lowest BCUT2D eigenvalue weighted by atomic mass is 10.1. The highest BCUT2D eigenvalue weighted by Crippen LogP contribution is 2.34. The minimum atomic E-state index is -0.663. The molecular weight excluding hydrogens is 488 g/mol. The van der Waals surface area contributed by atoms with Crippen LogP contribution < -0.4 is 25.7 Å². The van der Waals surface area contributed by atoms with Gasteiger partial charge in [0.25, 0.3) is 5.91 Å². The highest BCUT2D eigenvalue weighted by Gasteiger charge is 2.19. The molecule has 2 aromatic heterocycles. The zero-order valence-electron chi connectivity index (χ0n) is 20.5. The maximum absolute atomic E-state index is 12.8. The van der Waals surface area contributed by atoms with Crippen molar-refractivity contribution < 1.29 is 23.5 Å². The molecule has 10 nitrogen and oxygen atoms in total. The number of ether oxygens (including phenoxy) is 2. The van der Waals surface area contributed by atoms with E-state index in [1.807, 2.05) is 18.2 Å². The van der Waals surface area contributed by atoms with Gasteiger partial charge in [0.05, 0.1) is 12.6 Å². The molecule has 0 saturated carbocycles. The molecule has 3 aromatic carbocycles. The molecule has 0 atom stereocenters. The highest BCUT2D eigenvalue weighted by molar-refractivity contribution is 6.08. The van der Waals surface area contributed by atoms with Gasteiger partial charge in [-0.05, 0) is 42.5 Å². The summed E-state index contributed by atoms with van der Waals surface area (Å²) in [5.41, 5.74) is 1.23. The first kappa shape index (κ1) is 24.4. The topological polar surface area (TPSA) is 133 Å². The van der Waals surface area contributed by atoms with Crippen LogP contribution in [-0.2, 0) is 9.59 Å². The van der Waals surface area contributed by atoms with Crippen LogP contribution in [0.5, 0.6) is 11.5 Å². The molecule has 2 heterocycles.